The Labute approximate surface area is 121 Å². The molecule has 1 aromatic rings. The molecule has 1 amide bonds. The summed E-state index contributed by atoms with van der Waals surface area (Å²) in [6.45, 7) is 1.72. The highest BCUT2D eigenvalue weighted by Crippen LogP contribution is 2.22. The molecule has 0 spiro atoms. The Balaban J connectivity index is 2.02. The summed E-state index contributed by atoms with van der Waals surface area (Å²) in [6.07, 6.45) is 3.28. The molecule has 0 saturated carbocycles. The van der Waals surface area contributed by atoms with Crippen LogP contribution in [-0.2, 0) is 0 Å². The van der Waals surface area contributed by atoms with Crippen LogP contribution < -0.4 is 0 Å². The average Bonchev–Trinajstić information content (AvgIpc) is 2.39. The SMILES string of the molecule is O=C(c1ccc(Br)cc1)N1CCCC(CCCl)C1. The van der Waals surface area contributed by atoms with Crippen LogP contribution in [0.3, 0.4) is 0 Å². The topological polar surface area (TPSA) is 20.3 Å². The number of likely N-dealkylation sites (tertiary alicyclic amines) is 1. The minimum absolute atomic E-state index is 0.141. The largest absolute Gasteiger partial charge is 0.338 e. The van der Waals surface area contributed by atoms with Gasteiger partial charge < -0.3 is 4.90 Å². The van der Waals surface area contributed by atoms with Crippen molar-refractivity contribution in [2.45, 2.75) is 19.3 Å². The van der Waals surface area contributed by atoms with Crippen LogP contribution in [-0.4, -0.2) is 29.8 Å². The summed E-state index contributed by atoms with van der Waals surface area (Å²) in [5, 5.41) is 0. The lowest BCUT2D eigenvalue weighted by atomic mass is 9.95. The molecular formula is C14H17BrClNO. The standard InChI is InChI=1S/C14H17BrClNO/c15-13-5-3-12(4-6-13)14(18)17-9-1-2-11(10-17)7-8-16/h3-6,11H,1-2,7-10H2. The molecule has 1 saturated heterocycles. The second kappa shape index (κ2) is 6.58. The van der Waals surface area contributed by atoms with Crippen molar-refractivity contribution in [2.24, 2.45) is 5.92 Å². The van der Waals surface area contributed by atoms with Gasteiger partial charge in [0.25, 0.3) is 5.91 Å². The number of piperidine rings is 1. The highest BCUT2D eigenvalue weighted by atomic mass is 79.9. The first-order valence-corrected chi connectivity index (χ1v) is 7.64. The molecule has 1 fully saturated rings. The van der Waals surface area contributed by atoms with Crippen LogP contribution in [0.4, 0.5) is 0 Å². The van der Waals surface area contributed by atoms with E-state index >= 15 is 0 Å². The molecule has 1 aliphatic heterocycles. The van der Waals surface area contributed by atoms with Crippen molar-refractivity contribution in [1.82, 2.24) is 4.90 Å². The fraction of sp³-hybridized carbons (Fsp3) is 0.500. The van der Waals surface area contributed by atoms with Crippen LogP contribution in [0.5, 0.6) is 0 Å². The number of alkyl halides is 1. The zero-order valence-corrected chi connectivity index (χ0v) is 12.6. The molecule has 4 heteroatoms. The molecule has 0 N–H and O–H groups in total. The number of carbonyl (C=O) groups excluding carboxylic acids is 1. The first-order valence-electron chi connectivity index (χ1n) is 6.31. The molecule has 2 nitrogen and oxygen atoms in total. The minimum Gasteiger partial charge on any atom is -0.338 e. The van der Waals surface area contributed by atoms with E-state index < -0.39 is 0 Å². The molecule has 1 aromatic carbocycles. The van der Waals surface area contributed by atoms with E-state index in [1.165, 1.54) is 6.42 Å². The first kappa shape index (κ1) is 13.9. The van der Waals surface area contributed by atoms with Crippen molar-refractivity contribution in [3.05, 3.63) is 34.3 Å². The normalized spacial score (nSPS) is 19.9. The van der Waals surface area contributed by atoms with Crippen LogP contribution in [0, 0.1) is 5.92 Å². The van der Waals surface area contributed by atoms with Gasteiger partial charge in [0.05, 0.1) is 0 Å². The van der Waals surface area contributed by atoms with Gasteiger partial charge in [-0.25, -0.2) is 0 Å². The van der Waals surface area contributed by atoms with Gasteiger partial charge in [0.15, 0.2) is 0 Å². The summed E-state index contributed by atoms with van der Waals surface area (Å²) in [6, 6.07) is 7.57. The third-order valence-electron chi connectivity index (χ3n) is 3.41. The van der Waals surface area contributed by atoms with Gasteiger partial charge in [0.1, 0.15) is 0 Å². The number of amides is 1. The summed E-state index contributed by atoms with van der Waals surface area (Å²) in [5.41, 5.74) is 0.768. The number of rotatable bonds is 3. The Hall–Kier alpha value is -0.540. The van der Waals surface area contributed by atoms with E-state index in [9.17, 15) is 4.79 Å². The van der Waals surface area contributed by atoms with E-state index in [1.807, 2.05) is 29.2 Å². The fourth-order valence-electron chi connectivity index (χ4n) is 2.41. The van der Waals surface area contributed by atoms with Gasteiger partial charge >= 0.3 is 0 Å². The molecule has 0 radical (unpaired) electrons. The maximum absolute atomic E-state index is 12.3. The third kappa shape index (κ3) is 3.48. The van der Waals surface area contributed by atoms with Gasteiger partial charge in [-0.2, -0.15) is 0 Å². The van der Waals surface area contributed by atoms with E-state index in [4.69, 9.17) is 11.6 Å². The minimum atomic E-state index is 0.141. The molecule has 18 heavy (non-hydrogen) atoms. The molecular weight excluding hydrogens is 314 g/mol. The highest BCUT2D eigenvalue weighted by molar-refractivity contribution is 9.10. The lowest BCUT2D eigenvalue weighted by Gasteiger charge is -2.32. The van der Waals surface area contributed by atoms with Gasteiger partial charge in [0.2, 0.25) is 0 Å². The monoisotopic (exact) mass is 329 g/mol. The maximum atomic E-state index is 12.3. The van der Waals surface area contributed by atoms with Crippen LogP contribution in [0.25, 0.3) is 0 Å². The second-order valence-corrected chi connectivity index (χ2v) is 6.04. The quantitative estimate of drug-likeness (QED) is 0.769. The van der Waals surface area contributed by atoms with Crippen LogP contribution >= 0.6 is 27.5 Å². The highest BCUT2D eigenvalue weighted by Gasteiger charge is 2.23. The summed E-state index contributed by atoms with van der Waals surface area (Å²) in [5.74, 6) is 1.39. The zero-order valence-electron chi connectivity index (χ0n) is 10.2. The first-order chi connectivity index (χ1) is 8.70. The predicted molar refractivity (Wildman–Crippen MR) is 78.1 cm³/mol. The van der Waals surface area contributed by atoms with Crippen LogP contribution in [0.15, 0.2) is 28.7 Å². The third-order valence-corrected chi connectivity index (χ3v) is 4.16. The number of halogens is 2. The molecule has 0 aromatic heterocycles. The summed E-state index contributed by atoms with van der Waals surface area (Å²) < 4.78 is 0.998. The number of nitrogens with zero attached hydrogens (tertiary/aromatic N) is 1. The van der Waals surface area contributed by atoms with E-state index in [0.29, 0.717) is 11.8 Å². The van der Waals surface area contributed by atoms with E-state index in [2.05, 4.69) is 15.9 Å². The number of hydrogen-bond donors (Lipinski definition) is 0. The molecule has 2 rings (SSSR count). The molecule has 1 atom stereocenters. The molecule has 1 heterocycles. The van der Waals surface area contributed by atoms with Gasteiger partial charge in [0, 0.05) is 29.0 Å². The maximum Gasteiger partial charge on any atom is 0.253 e. The Bertz CT molecular complexity index is 405. The smallest absolute Gasteiger partial charge is 0.253 e. The fourth-order valence-corrected chi connectivity index (χ4v) is 2.99. The summed E-state index contributed by atoms with van der Waals surface area (Å²) >= 11 is 9.17. The van der Waals surface area contributed by atoms with Crippen molar-refractivity contribution in [2.75, 3.05) is 19.0 Å². The lowest BCUT2D eigenvalue weighted by Crippen LogP contribution is -2.40. The molecule has 1 aliphatic rings. The summed E-state index contributed by atoms with van der Waals surface area (Å²) in [7, 11) is 0. The van der Waals surface area contributed by atoms with Gasteiger partial charge in [-0.05, 0) is 49.4 Å². The van der Waals surface area contributed by atoms with Crippen molar-refractivity contribution < 1.29 is 4.79 Å². The molecule has 98 valence electrons. The Kier molecular flexibility index (Phi) is 5.07. The van der Waals surface area contributed by atoms with Crippen LogP contribution in [0.1, 0.15) is 29.6 Å². The summed E-state index contributed by atoms with van der Waals surface area (Å²) in [4.78, 5) is 14.3. The second-order valence-electron chi connectivity index (χ2n) is 4.74. The van der Waals surface area contributed by atoms with Crippen molar-refractivity contribution in [3.63, 3.8) is 0 Å². The van der Waals surface area contributed by atoms with Gasteiger partial charge in [-0.1, -0.05) is 15.9 Å². The van der Waals surface area contributed by atoms with E-state index in [-0.39, 0.29) is 5.91 Å². The van der Waals surface area contributed by atoms with E-state index in [0.717, 1.165) is 36.0 Å². The Morgan fingerprint density at radius 2 is 2.11 bits per heavy atom. The van der Waals surface area contributed by atoms with Crippen molar-refractivity contribution in [3.8, 4) is 0 Å². The average molecular weight is 331 g/mol. The number of hydrogen-bond acceptors (Lipinski definition) is 1. The van der Waals surface area contributed by atoms with Gasteiger partial charge in [-0.3, -0.25) is 4.79 Å². The predicted octanol–water partition coefficient (Wildman–Crippen LogP) is 3.93. The molecule has 1 unspecified atom stereocenters. The molecule has 0 bridgehead atoms. The van der Waals surface area contributed by atoms with Crippen molar-refractivity contribution in [1.29, 1.82) is 0 Å². The van der Waals surface area contributed by atoms with E-state index in [1.54, 1.807) is 0 Å². The van der Waals surface area contributed by atoms with Crippen molar-refractivity contribution >= 4 is 33.4 Å². The number of carbonyl (C=O) groups is 1. The lowest BCUT2D eigenvalue weighted by molar-refractivity contribution is 0.0671. The Morgan fingerprint density at radius 1 is 1.39 bits per heavy atom. The number of benzene rings is 1. The van der Waals surface area contributed by atoms with Gasteiger partial charge in [-0.15, -0.1) is 11.6 Å². The zero-order chi connectivity index (χ0) is 13.0. The molecule has 0 aliphatic carbocycles. The van der Waals surface area contributed by atoms with Crippen LogP contribution in [0.2, 0.25) is 0 Å². The Morgan fingerprint density at radius 3 is 2.78 bits per heavy atom.